The normalized spacial score (nSPS) is 14.3. The summed E-state index contributed by atoms with van der Waals surface area (Å²) in [6, 6.07) is 1.97. The van der Waals surface area contributed by atoms with Crippen molar-refractivity contribution in [3.8, 4) is 0 Å². The van der Waals surface area contributed by atoms with Gasteiger partial charge in [-0.2, -0.15) is 4.98 Å². The van der Waals surface area contributed by atoms with E-state index in [9.17, 15) is 4.79 Å². The van der Waals surface area contributed by atoms with E-state index in [0.29, 0.717) is 32.2 Å². The molecule has 2 aromatic rings. The lowest BCUT2D eigenvalue weighted by molar-refractivity contribution is 0.210. The molecule has 3 heterocycles. The Bertz CT molecular complexity index is 676. The van der Waals surface area contributed by atoms with Crippen LogP contribution in [-0.2, 0) is 4.74 Å². The number of rotatable bonds is 8. The molecule has 1 fully saturated rings. The summed E-state index contributed by atoms with van der Waals surface area (Å²) in [5.74, 6) is 1.37. The fourth-order valence-electron chi connectivity index (χ4n) is 2.36. The first kappa shape index (κ1) is 15.8. The SMILES string of the molecule is COCCNc1nc(NCCN2CCNC2=O)c2sccc2n1. The van der Waals surface area contributed by atoms with Gasteiger partial charge in [0.1, 0.15) is 5.82 Å². The van der Waals surface area contributed by atoms with Gasteiger partial charge in [0, 0.05) is 39.8 Å². The number of urea groups is 1. The summed E-state index contributed by atoms with van der Waals surface area (Å²) in [5, 5.41) is 11.3. The van der Waals surface area contributed by atoms with Crippen molar-refractivity contribution < 1.29 is 9.53 Å². The van der Waals surface area contributed by atoms with E-state index in [0.717, 1.165) is 29.1 Å². The highest BCUT2D eigenvalue weighted by Crippen LogP contribution is 2.27. The zero-order chi connectivity index (χ0) is 16.1. The molecule has 0 bridgehead atoms. The largest absolute Gasteiger partial charge is 0.383 e. The molecule has 3 rings (SSSR count). The highest BCUT2D eigenvalue weighted by molar-refractivity contribution is 7.17. The molecule has 0 spiro atoms. The molecule has 8 nitrogen and oxygen atoms in total. The Morgan fingerprint density at radius 1 is 1.39 bits per heavy atom. The lowest BCUT2D eigenvalue weighted by Crippen LogP contribution is -2.32. The fourth-order valence-corrected chi connectivity index (χ4v) is 3.16. The average Bonchev–Trinajstić information content (AvgIpc) is 3.17. The Morgan fingerprint density at radius 2 is 2.30 bits per heavy atom. The van der Waals surface area contributed by atoms with Gasteiger partial charge in [-0.05, 0) is 11.4 Å². The van der Waals surface area contributed by atoms with Crippen LogP contribution >= 0.6 is 11.3 Å². The molecule has 0 aromatic carbocycles. The second-order valence-electron chi connectivity index (χ2n) is 5.10. The molecule has 0 saturated carbocycles. The van der Waals surface area contributed by atoms with Gasteiger partial charge >= 0.3 is 6.03 Å². The van der Waals surface area contributed by atoms with Crippen molar-refractivity contribution >= 4 is 39.4 Å². The van der Waals surface area contributed by atoms with E-state index in [1.165, 1.54) is 0 Å². The Kier molecular flexibility index (Phi) is 5.09. The third kappa shape index (κ3) is 3.80. The van der Waals surface area contributed by atoms with E-state index in [2.05, 4.69) is 25.9 Å². The first-order valence-corrected chi connectivity index (χ1v) is 8.40. The molecule has 0 aliphatic carbocycles. The summed E-state index contributed by atoms with van der Waals surface area (Å²) < 4.78 is 6.04. The maximum absolute atomic E-state index is 11.5. The summed E-state index contributed by atoms with van der Waals surface area (Å²) in [4.78, 5) is 22.3. The van der Waals surface area contributed by atoms with E-state index in [1.54, 1.807) is 23.3 Å². The summed E-state index contributed by atoms with van der Waals surface area (Å²) in [7, 11) is 1.66. The molecule has 9 heteroatoms. The van der Waals surface area contributed by atoms with Gasteiger partial charge in [0.2, 0.25) is 5.95 Å². The Hall–Kier alpha value is -2.13. The van der Waals surface area contributed by atoms with Gasteiger partial charge in [-0.3, -0.25) is 0 Å². The standard InChI is InChI=1S/C14H20N6O2S/c1-22-8-5-16-13-18-10-2-9-23-11(10)12(19-13)15-3-6-20-7-4-17-14(20)21/h2,9H,3-8H2,1H3,(H,17,21)(H2,15,16,18,19). The maximum Gasteiger partial charge on any atom is 0.317 e. The third-order valence-electron chi connectivity index (χ3n) is 3.51. The van der Waals surface area contributed by atoms with Crippen LogP contribution in [-0.4, -0.2) is 67.3 Å². The van der Waals surface area contributed by atoms with Crippen molar-refractivity contribution in [1.82, 2.24) is 20.2 Å². The van der Waals surface area contributed by atoms with Gasteiger partial charge in [0.05, 0.1) is 16.8 Å². The Balaban J connectivity index is 1.65. The van der Waals surface area contributed by atoms with E-state index in [4.69, 9.17) is 4.74 Å². The number of hydrogen-bond donors (Lipinski definition) is 3. The van der Waals surface area contributed by atoms with Crippen LogP contribution in [0.5, 0.6) is 0 Å². The lowest BCUT2D eigenvalue weighted by Gasteiger charge is -2.15. The number of nitrogens with one attached hydrogen (secondary N) is 3. The van der Waals surface area contributed by atoms with Gasteiger partial charge in [-0.15, -0.1) is 11.3 Å². The third-order valence-corrected chi connectivity index (χ3v) is 4.42. The first-order valence-electron chi connectivity index (χ1n) is 7.52. The minimum Gasteiger partial charge on any atom is -0.383 e. The molecular weight excluding hydrogens is 316 g/mol. The zero-order valence-corrected chi connectivity index (χ0v) is 13.8. The van der Waals surface area contributed by atoms with Gasteiger partial charge in [-0.1, -0.05) is 0 Å². The number of ether oxygens (including phenoxy) is 1. The monoisotopic (exact) mass is 336 g/mol. The number of amides is 2. The Labute approximate surface area is 138 Å². The number of carbonyl (C=O) groups is 1. The van der Waals surface area contributed by atoms with Gasteiger partial charge in [-0.25, -0.2) is 9.78 Å². The number of methoxy groups -OCH3 is 1. The van der Waals surface area contributed by atoms with Crippen molar-refractivity contribution in [1.29, 1.82) is 0 Å². The van der Waals surface area contributed by atoms with Gasteiger partial charge < -0.3 is 25.6 Å². The predicted octanol–water partition coefficient (Wildman–Crippen LogP) is 1.19. The second kappa shape index (κ2) is 7.42. The highest BCUT2D eigenvalue weighted by Gasteiger charge is 2.18. The average molecular weight is 336 g/mol. The number of nitrogens with zero attached hydrogens (tertiary/aromatic N) is 3. The van der Waals surface area contributed by atoms with Crippen LogP contribution in [0, 0.1) is 0 Å². The number of thiophene rings is 1. The summed E-state index contributed by atoms with van der Waals surface area (Å²) in [5.41, 5.74) is 0.909. The number of anilines is 2. The molecule has 1 aliphatic heterocycles. The van der Waals surface area contributed by atoms with Gasteiger partial charge in [0.15, 0.2) is 0 Å². The molecule has 0 atom stereocenters. The van der Waals surface area contributed by atoms with Crippen molar-refractivity contribution in [2.75, 3.05) is 57.1 Å². The van der Waals surface area contributed by atoms with E-state index in [-0.39, 0.29) is 6.03 Å². The smallest absolute Gasteiger partial charge is 0.317 e. The van der Waals surface area contributed by atoms with Crippen LogP contribution in [0.3, 0.4) is 0 Å². The molecule has 0 radical (unpaired) electrons. The number of fused-ring (bicyclic) bond motifs is 1. The van der Waals surface area contributed by atoms with Crippen LogP contribution in [0.15, 0.2) is 11.4 Å². The number of carbonyl (C=O) groups excluding carboxylic acids is 1. The number of hydrogen-bond acceptors (Lipinski definition) is 7. The second-order valence-corrected chi connectivity index (χ2v) is 6.01. The summed E-state index contributed by atoms with van der Waals surface area (Å²) in [6.45, 7) is 4.01. The van der Waals surface area contributed by atoms with Crippen LogP contribution in [0.1, 0.15) is 0 Å². The topological polar surface area (TPSA) is 91.4 Å². The van der Waals surface area contributed by atoms with E-state index < -0.39 is 0 Å². The van der Waals surface area contributed by atoms with Crippen molar-refractivity contribution in [3.63, 3.8) is 0 Å². The summed E-state index contributed by atoms with van der Waals surface area (Å²) in [6.07, 6.45) is 0. The fraction of sp³-hybridized carbons (Fsp3) is 0.500. The van der Waals surface area contributed by atoms with Crippen LogP contribution in [0.25, 0.3) is 10.2 Å². The quantitative estimate of drug-likeness (QED) is 0.627. The zero-order valence-electron chi connectivity index (χ0n) is 13.0. The first-order chi connectivity index (χ1) is 11.3. The lowest BCUT2D eigenvalue weighted by atomic mass is 10.4. The highest BCUT2D eigenvalue weighted by atomic mass is 32.1. The van der Waals surface area contributed by atoms with Gasteiger partial charge in [0.25, 0.3) is 0 Å². The Morgan fingerprint density at radius 3 is 3.09 bits per heavy atom. The molecule has 2 amide bonds. The van der Waals surface area contributed by atoms with Crippen LogP contribution in [0.2, 0.25) is 0 Å². The minimum absolute atomic E-state index is 0.00215. The molecular formula is C14H20N6O2S. The summed E-state index contributed by atoms with van der Waals surface area (Å²) >= 11 is 1.60. The minimum atomic E-state index is -0.00215. The molecule has 2 aromatic heterocycles. The van der Waals surface area contributed by atoms with Crippen LogP contribution in [0.4, 0.5) is 16.6 Å². The van der Waals surface area contributed by atoms with Crippen molar-refractivity contribution in [2.45, 2.75) is 0 Å². The van der Waals surface area contributed by atoms with Crippen LogP contribution < -0.4 is 16.0 Å². The molecule has 124 valence electrons. The van der Waals surface area contributed by atoms with Crippen molar-refractivity contribution in [3.05, 3.63) is 11.4 Å². The maximum atomic E-state index is 11.5. The van der Waals surface area contributed by atoms with Crippen molar-refractivity contribution in [2.24, 2.45) is 0 Å². The van der Waals surface area contributed by atoms with E-state index >= 15 is 0 Å². The van der Waals surface area contributed by atoms with E-state index in [1.807, 2.05) is 11.4 Å². The predicted molar refractivity (Wildman–Crippen MR) is 91.2 cm³/mol. The molecule has 23 heavy (non-hydrogen) atoms. The molecule has 0 unspecified atom stereocenters. The number of aromatic nitrogens is 2. The molecule has 1 saturated heterocycles. The molecule has 1 aliphatic rings. The molecule has 3 N–H and O–H groups in total.